The summed E-state index contributed by atoms with van der Waals surface area (Å²) in [5.41, 5.74) is 0. The van der Waals surface area contributed by atoms with Crippen LogP contribution < -0.4 is 0 Å². The number of carbonyl (C=O) groups is 1. The van der Waals surface area contributed by atoms with Crippen LogP contribution in [0.25, 0.3) is 0 Å². The molecular weight excluding hydrogens is 246 g/mol. The number of hydrogen-bond donors (Lipinski definition) is 1. The lowest BCUT2D eigenvalue weighted by molar-refractivity contribution is -0.139. The van der Waals surface area contributed by atoms with Crippen LogP contribution in [0, 0.1) is 0 Å². The number of piperidine rings is 1. The zero-order valence-electron chi connectivity index (χ0n) is 10.8. The Kier molecular flexibility index (Phi) is 4.78. The molecule has 3 nitrogen and oxygen atoms in total. The lowest BCUT2D eigenvalue weighted by Crippen LogP contribution is -2.42. The molecule has 1 aromatic heterocycles. The largest absolute Gasteiger partial charge is 0.481 e. The van der Waals surface area contributed by atoms with E-state index in [1.165, 1.54) is 11.3 Å². The van der Waals surface area contributed by atoms with E-state index in [9.17, 15) is 4.79 Å². The lowest BCUT2D eigenvalue weighted by atomic mass is 9.96. The van der Waals surface area contributed by atoms with Crippen molar-refractivity contribution in [1.82, 2.24) is 4.90 Å². The van der Waals surface area contributed by atoms with Gasteiger partial charge in [-0.15, -0.1) is 11.3 Å². The van der Waals surface area contributed by atoms with Crippen LogP contribution in [-0.2, 0) is 4.79 Å². The minimum Gasteiger partial charge on any atom is -0.481 e. The summed E-state index contributed by atoms with van der Waals surface area (Å²) in [6.45, 7) is 3.23. The Morgan fingerprint density at radius 2 is 2.44 bits per heavy atom. The van der Waals surface area contributed by atoms with E-state index in [0.29, 0.717) is 6.04 Å². The van der Waals surface area contributed by atoms with Crippen molar-refractivity contribution in [2.24, 2.45) is 0 Å². The molecule has 2 unspecified atom stereocenters. The van der Waals surface area contributed by atoms with Gasteiger partial charge >= 0.3 is 5.97 Å². The Morgan fingerprint density at radius 3 is 3.06 bits per heavy atom. The monoisotopic (exact) mass is 267 g/mol. The maximum absolute atomic E-state index is 11.0. The van der Waals surface area contributed by atoms with Crippen LogP contribution in [0.15, 0.2) is 17.5 Å². The Hall–Kier alpha value is -0.870. The van der Waals surface area contributed by atoms with Gasteiger partial charge < -0.3 is 5.11 Å². The van der Waals surface area contributed by atoms with Crippen LogP contribution >= 0.6 is 11.3 Å². The summed E-state index contributed by atoms with van der Waals surface area (Å²) in [6, 6.07) is 4.86. The van der Waals surface area contributed by atoms with Crippen LogP contribution in [-0.4, -0.2) is 28.6 Å². The van der Waals surface area contributed by atoms with Crippen molar-refractivity contribution < 1.29 is 9.90 Å². The van der Waals surface area contributed by atoms with Gasteiger partial charge in [-0.1, -0.05) is 19.4 Å². The van der Waals surface area contributed by atoms with E-state index in [-0.39, 0.29) is 12.5 Å². The van der Waals surface area contributed by atoms with Gasteiger partial charge in [-0.2, -0.15) is 0 Å². The predicted octanol–water partition coefficient (Wildman–Crippen LogP) is 3.53. The van der Waals surface area contributed by atoms with Gasteiger partial charge in [0.2, 0.25) is 0 Å². The molecule has 0 aliphatic carbocycles. The maximum atomic E-state index is 11.0. The standard InChI is InChI=1S/C14H21NO2S/c1-2-12(13-7-5-9-18-13)15-8-4-3-6-11(15)10-14(16)17/h5,7,9,11-12H,2-4,6,8,10H2,1H3,(H,16,17). The van der Waals surface area contributed by atoms with Gasteiger partial charge in [-0.05, 0) is 37.3 Å². The predicted molar refractivity (Wildman–Crippen MR) is 73.9 cm³/mol. The highest BCUT2D eigenvalue weighted by Crippen LogP contribution is 2.34. The van der Waals surface area contributed by atoms with E-state index in [1.807, 2.05) is 0 Å². The number of likely N-dealkylation sites (tertiary alicyclic amines) is 1. The van der Waals surface area contributed by atoms with Crippen molar-refractivity contribution in [3.8, 4) is 0 Å². The van der Waals surface area contributed by atoms with E-state index in [4.69, 9.17) is 5.11 Å². The summed E-state index contributed by atoms with van der Waals surface area (Å²) in [7, 11) is 0. The van der Waals surface area contributed by atoms with Gasteiger partial charge in [0.1, 0.15) is 0 Å². The average Bonchev–Trinajstić information content (AvgIpc) is 2.85. The summed E-state index contributed by atoms with van der Waals surface area (Å²) in [5.74, 6) is -0.673. The van der Waals surface area contributed by atoms with Crippen LogP contribution in [0.2, 0.25) is 0 Å². The molecule has 1 fully saturated rings. The highest BCUT2D eigenvalue weighted by atomic mass is 32.1. The number of carboxylic acid groups (broad SMARTS) is 1. The summed E-state index contributed by atoms with van der Waals surface area (Å²) in [5, 5.41) is 11.1. The first-order valence-corrected chi connectivity index (χ1v) is 7.61. The maximum Gasteiger partial charge on any atom is 0.304 e. The molecule has 18 heavy (non-hydrogen) atoms. The Labute approximate surface area is 112 Å². The van der Waals surface area contributed by atoms with Gasteiger partial charge in [0, 0.05) is 17.0 Å². The number of carboxylic acids is 1. The van der Waals surface area contributed by atoms with Gasteiger partial charge in [-0.25, -0.2) is 0 Å². The van der Waals surface area contributed by atoms with Gasteiger partial charge in [-0.3, -0.25) is 9.69 Å². The first kappa shape index (κ1) is 13.6. The minimum atomic E-state index is -0.673. The summed E-state index contributed by atoms with van der Waals surface area (Å²) < 4.78 is 0. The summed E-state index contributed by atoms with van der Waals surface area (Å²) >= 11 is 1.78. The fourth-order valence-corrected chi connectivity index (χ4v) is 3.86. The van der Waals surface area contributed by atoms with Crippen molar-refractivity contribution >= 4 is 17.3 Å². The highest BCUT2D eigenvalue weighted by Gasteiger charge is 2.30. The summed E-state index contributed by atoms with van der Waals surface area (Å²) in [4.78, 5) is 14.8. The summed E-state index contributed by atoms with van der Waals surface area (Å²) in [6.07, 6.45) is 4.71. The molecule has 1 saturated heterocycles. The lowest BCUT2D eigenvalue weighted by Gasteiger charge is -2.40. The third kappa shape index (κ3) is 3.12. The topological polar surface area (TPSA) is 40.5 Å². The van der Waals surface area contributed by atoms with Crippen molar-refractivity contribution in [3.05, 3.63) is 22.4 Å². The van der Waals surface area contributed by atoms with Crippen LogP contribution in [0.3, 0.4) is 0 Å². The number of thiophene rings is 1. The molecular formula is C14H21NO2S. The second-order valence-corrected chi connectivity index (χ2v) is 5.90. The molecule has 1 aromatic rings. The fourth-order valence-electron chi connectivity index (χ4n) is 2.93. The molecule has 0 saturated carbocycles. The molecule has 0 radical (unpaired) electrons. The van der Waals surface area contributed by atoms with Crippen LogP contribution in [0.1, 0.15) is 49.9 Å². The molecule has 100 valence electrons. The third-order valence-corrected chi connectivity index (χ3v) is 4.72. The zero-order chi connectivity index (χ0) is 13.0. The Balaban J connectivity index is 2.13. The molecule has 0 spiro atoms. The molecule has 2 rings (SSSR count). The Morgan fingerprint density at radius 1 is 1.61 bits per heavy atom. The Bertz CT molecular complexity index is 377. The molecule has 4 heteroatoms. The molecule has 0 aromatic carbocycles. The number of rotatable bonds is 5. The first-order chi connectivity index (χ1) is 8.72. The quantitative estimate of drug-likeness (QED) is 0.887. The molecule has 0 amide bonds. The number of aliphatic carboxylic acids is 1. The number of nitrogens with zero attached hydrogens (tertiary/aromatic N) is 1. The van der Waals surface area contributed by atoms with E-state index in [0.717, 1.165) is 25.8 Å². The molecule has 1 N–H and O–H groups in total. The van der Waals surface area contributed by atoms with Gasteiger partial charge in [0.15, 0.2) is 0 Å². The highest BCUT2D eigenvalue weighted by molar-refractivity contribution is 7.10. The molecule has 1 aliphatic heterocycles. The van der Waals surface area contributed by atoms with E-state index >= 15 is 0 Å². The van der Waals surface area contributed by atoms with Crippen molar-refractivity contribution in [2.45, 2.75) is 51.1 Å². The van der Waals surface area contributed by atoms with Gasteiger partial charge in [0.05, 0.1) is 6.42 Å². The fraction of sp³-hybridized carbons (Fsp3) is 0.643. The first-order valence-electron chi connectivity index (χ1n) is 6.73. The number of hydrogen-bond acceptors (Lipinski definition) is 3. The van der Waals surface area contributed by atoms with E-state index < -0.39 is 5.97 Å². The smallest absolute Gasteiger partial charge is 0.304 e. The van der Waals surface area contributed by atoms with Crippen LogP contribution in [0.5, 0.6) is 0 Å². The SMILES string of the molecule is CCC(c1cccs1)N1CCCCC1CC(=O)O. The molecule has 2 atom stereocenters. The molecule has 1 aliphatic rings. The van der Waals surface area contributed by atoms with Crippen molar-refractivity contribution in [3.63, 3.8) is 0 Å². The normalized spacial score (nSPS) is 22.8. The van der Waals surface area contributed by atoms with E-state index in [2.05, 4.69) is 29.3 Å². The van der Waals surface area contributed by atoms with Gasteiger partial charge in [0.25, 0.3) is 0 Å². The second-order valence-electron chi connectivity index (χ2n) is 4.92. The zero-order valence-corrected chi connectivity index (χ0v) is 11.7. The van der Waals surface area contributed by atoms with Crippen molar-refractivity contribution in [2.75, 3.05) is 6.54 Å². The second kappa shape index (κ2) is 6.34. The third-order valence-electron chi connectivity index (χ3n) is 3.74. The van der Waals surface area contributed by atoms with Crippen molar-refractivity contribution in [1.29, 1.82) is 0 Å². The molecule has 2 heterocycles. The van der Waals surface area contributed by atoms with Crippen LogP contribution in [0.4, 0.5) is 0 Å². The average molecular weight is 267 g/mol. The minimum absolute atomic E-state index is 0.211. The molecule has 0 bridgehead atoms. The van der Waals surface area contributed by atoms with E-state index in [1.54, 1.807) is 11.3 Å².